The predicted octanol–water partition coefficient (Wildman–Crippen LogP) is -0.107. The SMILES string of the molecule is CC(=O)/C(C(=O)O)=C(\C)N. The van der Waals surface area contributed by atoms with Crippen molar-refractivity contribution >= 4 is 11.8 Å². The van der Waals surface area contributed by atoms with Gasteiger partial charge in [-0.1, -0.05) is 0 Å². The molecule has 0 fully saturated rings. The molecule has 0 aliphatic rings. The van der Waals surface area contributed by atoms with Crippen molar-refractivity contribution in [1.82, 2.24) is 0 Å². The summed E-state index contributed by atoms with van der Waals surface area (Å²) >= 11 is 0. The van der Waals surface area contributed by atoms with E-state index < -0.39 is 11.8 Å². The van der Waals surface area contributed by atoms with Gasteiger partial charge >= 0.3 is 5.97 Å². The second kappa shape index (κ2) is 3.00. The molecule has 0 aromatic heterocycles. The highest BCUT2D eigenvalue weighted by Crippen LogP contribution is 1.99. The highest BCUT2D eigenvalue weighted by molar-refractivity contribution is 6.16. The molecule has 3 N–H and O–H groups in total. The Kier molecular flexibility index (Phi) is 2.61. The Morgan fingerprint density at radius 2 is 1.70 bits per heavy atom. The minimum absolute atomic E-state index is 0.0417. The molecule has 0 spiro atoms. The molecule has 0 heterocycles. The molecule has 0 amide bonds. The number of rotatable bonds is 2. The van der Waals surface area contributed by atoms with Gasteiger partial charge in [0.25, 0.3) is 0 Å². The lowest BCUT2D eigenvalue weighted by Gasteiger charge is -1.97. The zero-order chi connectivity index (χ0) is 8.31. The van der Waals surface area contributed by atoms with E-state index in [0.29, 0.717) is 0 Å². The summed E-state index contributed by atoms with van der Waals surface area (Å²) in [6.07, 6.45) is 0. The summed E-state index contributed by atoms with van der Waals surface area (Å²) < 4.78 is 0. The highest BCUT2D eigenvalue weighted by atomic mass is 16.4. The molecule has 0 aliphatic carbocycles. The zero-order valence-electron chi connectivity index (χ0n) is 5.84. The Labute approximate surface area is 58.3 Å². The number of hydrogen-bond acceptors (Lipinski definition) is 3. The summed E-state index contributed by atoms with van der Waals surface area (Å²) in [6.45, 7) is 2.55. The minimum Gasteiger partial charge on any atom is -0.477 e. The monoisotopic (exact) mass is 143 g/mol. The summed E-state index contributed by atoms with van der Waals surface area (Å²) in [5, 5.41) is 8.36. The van der Waals surface area contributed by atoms with Crippen molar-refractivity contribution in [3.63, 3.8) is 0 Å². The fraction of sp³-hybridized carbons (Fsp3) is 0.333. The lowest BCUT2D eigenvalue weighted by molar-refractivity contribution is -0.134. The van der Waals surface area contributed by atoms with E-state index in [0.717, 1.165) is 0 Å². The molecule has 0 saturated carbocycles. The summed E-state index contributed by atoms with van der Waals surface area (Å²) in [6, 6.07) is 0. The third kappa shape index (κ3) is 1.89. The smallest absolute Gasteiger partial charge is 0.341 e. The Morgan fingerprint density at radius 3 is 1.70 bits per heavy atom. The van der Waals surface area contributed by atoms with Gasteiger partial charge in [0, 0.05) is 5.70 Å². The maximum Gasteiger partial charge on any atom is 0.341 e. The molecule has 0 aromatic carbocycles. The molecule has 10 heavy (non-hydrogen) atoms. The van der Waals surface area contributed by atoms with E-state index in [1.54, 1.807) is 0 Å². The molecule has 0 rings (SSSR count). The molecule has 56 valence electrons. The van der Waals surface area contributed by atoms with E-state index in [2.05, 4.69) is 0 Å². The van der Waals surface area contributed by atoms with E-state index in [-0.39, 0.29) is 11.3 Å². The van der Waals surface area contributed by atoms with Gasteiger partial charge < -0.3 is 10.8 Å². The Bertz CT molecular complexity index is 185. The number of aliphatic carboxylic acids is 1. The average Bonchev–Trinajstić information content (AvgIpc) is 1.59. The first-order chi connectivity index (χ1) is 4.46. The lowest BCUT2D eigenvalue weighted by atomic mass is 10.1. The fourth-order valence-electron chi connectivity index (χ4n) is 0.597. The van der Waals surface area contributed by atoms with Crippen molar-refractivity contribution in [1.29, 1.82) is 0 Å². The van der Waals surface area contributed by atoms with E-state index >= 15 is 0 Å². The van der Waals surface area contributed by atoms with Crippen molar-refractivity contribution in [2.45, 2.75) is 13.8 Å². The lowest BCUT2D eigenvalue weighted by Crippen LogP contribution is -2.14. The molecule has 0 aliphatic heterocycles. The molecular formula is C6H9NO3. The number of allylic oxidation sites excluding steroid dienone is 1. The summed E-state index contributed by atoms with van der Waals surface area (Å²) in [5.41, 5.74) is 4.82. The Balaban J connectivity index is 4.79. The standard InChI is InChI=1S/C6H9NO3/c1-3(7)5(4(2)8)6(9)10/h7H2,1-2H3,(H,9,10)/b5-3-. The summed E-state index contributed by atoms with van der Waals surface area (Å²) in [7, 11) is 0. The second-order valence-corrected chi connectivity index (χ2v) is 1.92. The average molecular weight is 143 g/mol. The van der Waals surface area contributed by atoms with Crippen molar-refractivity contribution in [2.24, 2.45) is 5.73 Å². The number of carbonyl (C=O) groups is 2. The number of Topliss-reactive ketones (excluding diaryl/α,β-unsaturated/α-hetero) is 1. The molecule has 0 unspecified atom stereocenters. The maximum absolute atomic E-state index is 10.5. The normalized spacial score (nSPS) is 12.2. The van der Waals surface area contributed by atoms with E-state index in [1.807, 2.05) is 0 Å². The van der Waals surface area contributed by atoms with Gasteiger partial charge in [0.05, 0.1) is 0 Å². The van der Waals surface area contributed by atoms with Crippen LogP contribution in [0.3, 0.4) is 0 Å². The predicted molar refractivity (Wildman–Crippen MR) is 35.2 cm³/mol. The third-order valence-electron chi connectivity index (χ3n) is 0.960. The van der Waals surface area contributed by atoms with Crippen LogP contribution < -0.4 is 5.73 Å². The molecule has 4 nitrogen and oxygen atoms in total. The van der Waals surface area contributed by atoms with Crippen LogP contribution in [0.4, 0.5) is 0 Å². The largest absolute Gasteiger partial charge is 0.477 e. The van der Waals surface area contributed by atoms with Gasteiger partial charge in [-0.2, -0.15) is 0 Å². The quantitative estimate of drug-likeness (QED) is 0.321. The van der Waals surface area contributed by atoms with Crippen LogP contribution in [0.1, 0.15) is 13.8 Å². The number of nitrogens with two attached hydrogens (primary N) is 1. The van der Waals surface area contributed by atoms with Crippen LogP contribution in [0, 0.1) is 0 Å². The first-order valence-electron chi connectivity index (χ1n) is 2.67. The van der Waals surface area contributed by atoms with Gasteiger partial charge in [-0.25, -0.2) is 4.79 Å². The highest BCUT2D eigenvalue weighted by Gasteiger charge is 2.14. The number of ketones is 1. The van der Waals surface area contributed by atoms with Gasteiger partial charge in [-0.15, -0.1) is 0 Å². The Hall–Kier alpha value is -1.32. The topological polar surface area (TPSA) is 80.4 Å². The molecule has 0 atom stereocenters. The number of hydrogen-bond donors (Lipinski definition) is 2. The molecule has 0 radical (unpaired) electrons. The van der Waals surface area contributed by atoms with Crippen LogP contribution in [0.5, 0.6) is 0 Å². The Morgan fingerprint density at radius 1 is 1.30 bits per heavy atom. The van der Waals surface area contributed by atoms with Crippen molar-refractivity contribution < 1.29 is 14.7 Å². The van der Waals surface area contributed by atoms with Crippen LogP contribution in [-0.2, 0) is 9.59 Å². The summed E-state index contributed by atoms with van der Waals surface area (Å²) in [5.74, 6) is -1.79. The van der Waals surface area contributed by atoms with Crippen molar-refractivity contribution in [3.05, 3.63) is 11.3 Å². The van der Waals surface area contributed by atoms with E-state index in [1.165, 1.54) is 13.8 Å². The van der Waals surface area contributed by atoms with Gasteiger partial charge in [-0.3, -0.25) is 4.79 Å². The van der Waals surface area contributed by atoms with E-state index in [9.17, 15) is 9.59 Å². The molecule has 0 aromatic rings. The molecular weight excluding hydrogens is 134 g/mol. The molecule has 0 saturated heterocycles. The van der Waals surface area contributed by atoms with Gasteiger partial charge in [0.1, 0.15) is 5.57 Å². The molecule has 4 heteroatoms. The van der Waals surface area contributed by atoms with Crippen LogP contribution in [0.15, 0.2) is 11.3 Å². The van der Waals surface area contributed by atoms with Crippen LogP contribution in [0.2, 0.25) is 0 Å². The van der Waals surface area contributed by atoms with Crippen molar-refractivity contribution in [2.75, 3.05) is 0 Å². The first-order valence-corrected chi connectivity index (χ1v) is 2.67. The summed E-state index contributed by atoms with van der Waals surface area (Å²) in [4.78, 5) is 20.7. The maximum atomic E-state index is 10.5. The number of carboxylic acid groups (broad SMARTS) is 1. The second-order valence-electron chi connectivity index (χ2n) is 1.92. The van der Waals surface area contributed by atoms with Gasteiger partial charge in [0.2, 0.25) is 0 Å². The van der Waals surface area contributed by atoms with Crippen LogP contribution in [0.25, 0.3) is 0 Å². The fourth-order valence-corrected chi connectivity index (χ4v) is 0.597. The zero-order valence-corrected chi connectivity index (χ0v) is 5.84. The van der Waals surface area contributed by atoms with Gasteiger partial charge in [-0.05, 0) is 13.8 Å². The van der Waals surface area contributed by atoms with Gasteiger partial charge in [0.15, 0.2) is 5.78 Å². The number of carboxylic acids is 1. The first kappa shape index (κ1) is 8.68. The third-order valence-corrected chi connectivity index (χ3v) is 0.960. The van der Waals surface area contributed by atoms with Crippen LogP contribution in [-0.4, -0.2) is 16.9 Å². The van der Waals surface area contributed by atoms with E-state index in [4.69, 9.17) is 10.8 Å². The van der Waals surface area contributed by atoms with Crippen molar-refractivity contribution in [3.8, 4) is 0 Å². The molecule has 0 bridgehead atoms. The van der Waals surface area contributed by atoms with Crippen LogP contribution >= 0.6 is 0 Å². The number of carbonyl (C=O) groups excluding carboxylic acids is 1. The minimum atomic E-state index is -1.27.